The van der Waals surface area contributed by atoms with Gasteiger partial charge in [0.25, 0.3) is 5.91 Å². The number of rotatable bonds is 4. The highest BCUT2D eigenvalue weighted by Gasteiger charge is 2.36. The third-order valence-corrected chi connectivity index (χ3v) is 5.49. The van der Waals surface area contributed by atoms with Gasteiger partial charge >= 0.3 is 5.97 Å². The van der Waals surface area contributed by atoms with Crippen LogP contribution < -0.4 is 0 Å². The van der Waals surface area contributed by atoms with Gasteiger partial charge in [0.05, 0.1) is 41.4 Å². The monoisotopic (exact) mass is 435 g/mol. The fourth-order valence-electron chi connectivity index (χ4n) is 3.43. The Hall–Kier alpha value is -3.70. The number of aryl methyl sites for hydroxylation is 1. The molecular weight excluding hydrogens is 418 g/mol. The topological polar surface area (TPSA) is 101 Å². The summed E-state index contributed by atoms with van der Waals surface area (Å²) in [4.78, 5) is 34.8. The number of likely N-dealkylation sites (tertiary alicyclic amines) is 1. The van der Waals surface area contributed by atoms with Gasteiger partial charge in [-0.2, -0.15) is 5.26 Å². The molecule has 1 aliphatic heterocycles. The number of carbonyl (C=O) groups excluding carboxylic acids is 2. The summed E-state index contributed by atoms with van der Waals surface area (Å²) >= 11 is 6.42. The van der Waals surface area contributed by atoms with Crippen LogP contribution >= 0.6 is 11.6 Å². The van der Waals surface area contributed by atoms with Gasteiger partial charge in [0.1, 0.15) is 0 Å². The van der Waals surface area contributed by atoms with Crippen molar-refractivity contribution in [3.63, 3.8) is 0 Å². The number of carbonyl (C=O) groups is 2. The van der Waals surface area contributed by atoms with Crippen LogP contribution in [0.3, 0.4) is 0 Å². The van der Waals surface area contributed by atoms with Crippen LogP contribution in [0.1, 0.15) is 21.7 Å². The van der Waals surface area contributed by atoms with E-state index in [2.05, 4.69) is 16.0 Å². The second kappa shape index (κ2) is 8.20. The SMILES string of the molecule is COC(=O)C1CN(C(=O)c2ccc3c(c2)nc(C(Cl)=Nc2ccc(C#N)cc2)n3C)C1. The summed E-state index contributed by atoms with van der Waals surface area (Å²) in [6.45, 7) is 0.695. The van der Waals surface area contributed by atoms with Crippen LogP contribution in [0.2, 0.25) is 0 Å². The number of halogens is 1. The summed E-state index contributed by atoms with van der Waals surface area (Å²) in [5.74, 6) is -0.270. The highest BCUT2D eigenvalue weighted by Crippen LogP contribution is 2.24. The molecule has 2 aromatic carbocycles. The van der Waals surface area contributed by atoms with E-state index in [0.29, 0.717) is 41.2 Å². The van der Waals surface area contributed by atoms with E-state index in [0.717, 1.165) is 5.52 Å². The zero-order valence-corrected chi connectivity index (χ0v) is 17.6. The number of aromatic nitrogens is 2. The molecule has 3 aromatic rings. The second-order valence-electron chi connectivity index (χ2n) is 7.19. The van der Waals surface area contributed by atoms with Gasteiger partial charge in [0.2, 0.25) is 0 Å². The van der Waals surface area contributed by atoms with E-state index in [9.17, 15) is 9.59 Å². The molecular formula is C22H18ClN5O3. The maximum Gasteiger partial charge on any atom is 0.312 e. The average Bonchev–Trinajstić information content (AvgIpc) is 3.09. The number of hydrogen-bond donors (Lipinski definition) is 0. The Kier molecular flexibility index (Phi) is 5.44. The zero-order valence-electron chi connectivity index (χ0n) is 16.9. The number of amides is 1. The molecule has 31 heavy (non-hydrogen) atoms. The predicted molar refractivity (Wildman–Crippen MR) is 115 cm³/mol. The van der Waals surface area contributed by atoms with E-state index < -0.39 is 0 Å². The summed E-state index contributed by atoms with van der Waals surface area (Å²) in [7, 11) is 3.16. The number of fused-ring (bicyclic) bond motifs is 1. The summed E-state index contributed by atoms with van der Waals surface area (Å²) in [5, 5.41) is 9.09. The molecule has 0 N–H and O–H groups in total. The van der Waals surface area contributed by atoms with Gasteiger partial charge < -0.3 is 14.2 Å². The molecule has 1 saturated heterocycles. The molecule has 0 unspecified atom stereocenters. The van der Waals surface area contributed by atoms with Crippen molar-refractivity contribution >= 4 is 45.4 Å². The molecule has 0 aliphatic carbocycles. The minimum atomic E-state index is -0.301. The van der Waals surface area contributed by atoms with E-state index in [4.69, 9.17) is 21.6 Å². The van der Waals surface area contributed by atoms with Gasteiger partial charge in [-0.15, -0.1) is 0 Å². The lowest BCUT2D eigenvalue weighted by molar-refractivity contribution is -0.149. The van der Waals surface area contributed by atoms with Crippen molar-refractivity contribution in [2.45, 2.75) is 0 Å². The molecule has 0 saturated carbocycles. The molecule has 0 atom stereocenters. The molecule has 1 fully saturated rings. The number of imidazole rings is 1. The molecule has 156 valence electrons. The van der Waals surface area contributed by atoms with Gasteiger partial charge in [-0.25, -0.2) is 9.98 Å². The van der Waals surface area contributed by atoms with Gasteiger partial charge in [0, 0.05) is 25.7 Å². The molecule has 2 heterocycles. The molecule has 0 radical (unpaired) electrons. The van der Waals surface area contributed by atoms with Gasteiger partial charge in [-0.3, -0.25) is 9.59 Å². The van der Waals surface area contributed by atoms with Crippen molar-refractivity contribution in [3.05, 3.63) is 59.4 Å². The number of esters is 1. The maximum absolute atomic E-state index is 12.7. The van der Waals surface area contributed by atoms with Gasteiger partial charge in [0.15, 0.2) is 11.0 Å². The van der Waals surface area contributed by atoms with Crippen molar-refractivity contribution in [1.29, 1.82) is 5.26 Å². The lowest BCUT2D eigenvalue weighted by atomic mass is 9.99. The lowest BCUT2D eigenvalue weighted by Gasteiger charge is -2.37. The minimum Gasteiger partial charge on any atom is -0.469 e. The standard InChI is InChI=1S/C22H18ClN5O3/c1-27-18-8-5-14(21(29)28-11-15(12-28)22(30)31-2)9-17(18)26-20(27)19(23)25-16-6-3-13(10-24)4-7-16/h3-9,15H,11-12H2,1-2H3. The smallest absolute Gasteiger partial charge is 0.312 e. The van der Waals surface area contributed by atoms with Crippen LogP contribution in [-0.2, 0) is 16.6 Å². The van der Waals surface area contributed by atoms with Crippen molar-refractivity contribution in [2.24, 2.45) is 18.0 Å². The predicted octanol–water partition coefficient (Wildman–Crippen LogP) is 3.01. The van der Waals surface area contributed by atoms with Crippen molar-refractivity contribution in [1.82, 2.24) is 14.5 Å². The van der Waals surface area contributed by atoms with E-state index in [1.165, 1.54) is 7.11 Å². The number of hydrogen-bond acceptors (Lipinski definition) is 6. The van der Waals surface area contributed by atoms with E-state index in [1.54, 1.807) is 45.9 Å². The number of ether oxygens (including phenoxy) is 1. The second-order valence-corrected chi connectivity index (χ2v) is 7.55. The largest absolute Gasteiger partial charge is 0.469 e. The maximum atomic E-state index is 12.7. The van der Waals surface area contributed by atoms with Gasteiger partial charge in [-0.05, 0) is 42.5 Å². The van der Waals surface area contributed by atoms with Crippen LogP contribution in [0, 0.1) is 17.2 Å². The van der Waals surface area contributed by atoms with Crippen LogP contribution in [0.5, 0.6) is 0 Å². The number of nitriles is 1. The Morgan fingerprint density at radius 3 is 2.58 bits per heavy atom. The fourth-order valence-corrected chi connectivity index (χ4v) is 3.70. The van der Waals surface area contributed by atoms with Crippen LogP contribution in [0.4, 0.5) is 5.69 Å². The van der Waals surface area contributed by atoms with E-state index >= 15 is 0 Å². The lowest BCUT2D eigenvalue weighted by Crippen LogP contribution is -2.53. The van der Waals surface area contributed by atoms with E-state index in [1.807, 2.05) is 13.1 Å². The molecule has 9 heteroatoms. The average molecular weight is 436 g/mol. The van der Waals surface area contributed by atoms with Crippen molar-refractivity contribution in [3.8, 4) is 6.07 Å². The van der Waals surface area contributed by atoms with Crippen molar-refractivity contribution < 1.29 is 14.3 Å². The normalized spacial score (nSPS) is 14.3. The first kappa shape index (κ1) is 20.6. The highest BCUT2D eigenvalue weighted by atomic mass is 35.5. The Balaban J connectivity index is 1.57. The Bertz CT molecular complexity index is 1250. The highest BCUT2D eigenvalue weighted by molar-refractivity contribution is 6.69. The summed E-state index contributed by atoms with van der Waals surface area (Å²) in [5.41, 5.74) is 3.04. The molecule has 4 rings (SSSR count). The molecule has 0 bridgehead atoms. The molecule has 1 aromatic heterocycles. The minimum absolute atomic E-state index is 0.161. The Labute approximate surface area is 183 Å². The number of aliphatic imine (C=N–C) groups is 1. The fraction of sp³-hybridized carbons (Fsp3) is 0.227. The quantitative estimate of drug-likeness (QED) is 0.463. The molecule has 1 amide bonds. The molecule has 1 aliphatic rings. The van der Waals surface area contributed by atoms with Gasteiger partial charge in [-0.1, -0.05) is 11.6 Å². The van der Waals surface area contributed by atoms with Crippen molar-refractivity contribution in [2.75, 3.05) is 20.2 Å². The first-order valence-corrected chi connectivity index (χ1v) is 9.87. The Morgan fingerprint density at radius 1 is 1.23 bits per heavy atom. The third kappa shape index (κ3) is 3.88. The first-order valence-electron chi connectivity index (χ1n) is 9.49. The van der Waals surface area contributed by atoms with E-state index in [-0.39, 0.29) is 23.0 Å². The number of benzene rings is 2. The molecule has 0 spiro atoms. The third-order valence-electron chi connectivity index (χ3n) is 5.24. The zero-order chi connectivity index (χ0) is 22.1. The summed E-state index contributed by atoms with van der Waals surface area (Å²) < 4.78 is 6.51. The molecule has 8 nitrogen and oxygen atoms in total. The van der Waals surface area contributed by atoms with Crippen LogP contribution in [-0.4, -0.2) is 51.7 Å². The summed E-state index contributed by atoms with van der Waals surface area (Å²) in [6.07, 6.45) is 0. The van der Waals surface area contributed by atoms with Crippen LogP contribution in [0.15, 0.2) is 47.5 Å². The first-order chi connectivity index (χ1) is 14.9. The number of methoxy groups -OCH3 is 1. The Morgan fingerprint density at radius 2 is 1.94 bits per heavy atom. The number of nitrogens with zero attached hydrogens (tertiary/aromatic N) is 5. The summed E-state index contributed by atoms with van der Waals surface area (Å²) in [6, 6.07) is 14.0. The van der Waals surface area contributed by atoms with Crippen LogP contribution in [0.25, 0.3) is 11.0 Å².